The van der Waals surface area contributed by atoms with Crippen LogP contribution in [0.5, 0.6) is 0 Å². The minimum atomic E-state index is 0.266. The SMILES string of the molecule is Cc1oc(C)c2c1CCCCC2=O. The van der Waals surface area contributed by atoms with Crippen molar-refractivity contribution in [2.45, 2.75) is 39.5 Å². The molecule has 0 aromatic carbocycles. The minimum absolute atomic E-state index is 0.266. The molecule has 0 N–H and O–H groups in total. The van der Waals surface area contributed by atoms with E-state index in [4.69, 9.17) is 4.42 Å². The standard InChI is InChI=1S/C11H14O2/c1-7-9-5-3-4-6-10(12)11(9)8(2)13-7/h3-6H2,1-2H3. The minimum Gasteiger partial charge on any atom is -0.466 e. The Kier molecular flexibility index (Phi) is 1.98. The summed E-state index contributed by atoms with van der Waals surface area (Å²) >= 11 is 0. The molecule has 13 heavy (non-hydrogen) atoms. The molecule has 1 aliphatic rings. The predicted molar refractivity (Wildman–Crippen MR) is 50.1 cm³/mol. The molecular formula is C11H14O2. The molecule has 0 unspecified atom stereocenters. The van der Waals surface area contributed by atoms with Crippen LogP contribution in [0.3, 0.4) is 0 Å². The van der Waals surface area contributed by atoms with Crippen molar-refractivity contribution >= 4 is 5.78 Å². The lowest BCUT2D eigenvalue weighted by molar-refractivity contribution is 0.0980. The summed E-state index contributed by atoms with van der Waals surface area (Å²) in [6.45, 7) is 3.83. The maximum atomic E-state index is 11.7. The highest BCUT2D eigenvalue weighted by atomic mass is 16.3. The van der Waals surface area contributed by atoms with Gasteiger partial charge in [-0.1, -0.05) is 0 Å². The number of rotatable bonds is 0. The number of carbonyl (C=O) groups excluding carboxylic acids is 1. The van der Waals surface area contributed by atoms with E-state index in [1.54, 1.807) is 0 Å². The van der Waals surface area contributed by atoms with Gasteiger partial charge in [-0.25, -0.2) is 0 Å². The lowest BCUT2D eigenvalue weighted by Crippen LogP contribution is -1.99. The molecule has 0 bridgehead atoms. The number of hydrogen-bond donors (Lipinski definition) is 0. The topological polar surface area (TPSA) is 30.2 Å². The van der Waals surface area contributed by atoms with Crippen molar-refractivity contribution in [2.24, 2.45) is 0 Å². The summed E-state index contributed by atoms with van der Waals surface area (Å²) in [5.74, 6) is 2.00. The van der Waals surface area contributed by atoms with Gasteiger partial charge in [-0.3, -0.25) is 4.79 Å². The lowest BCUT2D eigenvalue weighted by Gasteiger charge is -1.95. The van der Waals surface area contributed by atoms with Crippen molar-refractivity contribution in [1.29, 1.82) is 0 Å². The van der Waals surface area contributed by atoms with Gasteiger partial charge in [-0.05, 0) is 33.1 Å². The molecule has 0 fully saturated rings. The van der Waals surface area contributed by atoms with E-state index in [1.165, 1.54) is 0 Å². The molecule has 0 saturated heterocycles. The second-order valence-corrected chi connectivity index (χ2v) is 3.70. The summed E-state index contributed by atoms with van der Waals surface area (Å²) in [4.78, 5) is 11.7. The molecule has 0 spiro atoms. The van der Waals surface area contributed by atoms with Crippen LogP contribution in [-0.2, 0) is 6.42 Å². The van der Waals surface area contributed by atoms with Crippen LogP contribution < -0.4 is 0 Å². The average molecular weight is 178 g/mol. The maximum Gasteiger partial charge on any atom is 0.166 e. The number of furan rings is 1. The zero-order chi connectivity index (χ0) is 9.42. The second kappa shape index (κ2) is 3.02. The Morgan fingerprint density at radius 3 is 2.54 bits per heavy atom. The second-order valence-electron chi connectivity index (χ2n) is 3.70. The van der Waals surface area contributed by atoms with Gasteiger partial charge in [-0.15, -0.1) is 0 Å². The molecule has 1 heterocycles. The lowest BCUT2D eigenvalue weighted by atomic mass is 10.0. The highest BCUT2D eigenvalue weighted by Gasteiger charge is 2.22. The van der Waals surface area contributed by atoms with Crippen molar-refractivity contribution < 1.29 is 9.21 Å². The molecular weight excluding hydrogens is 164 g/mol. The number of Topliss-reactive ketones (excluding diaryl/α,β-unsaturated/α-hetero) is 1. The Morgan fingerprint density at radius 2 is 1.77 bits per heavy atom. The highest BCUT2D eigenvalue weighted by Crippen LogP contribution is 2.28. The van der Waals surface area contributed by atoms with Crippen LogP contribution >= 0.6 is 0 Å². The molecule has 0 radical (unpaired) electrons. The van der Waals surface area contributed by atoms with Crippen LogP contribution in [0.25, 0.3) is 0 Å². The summed E-state index contributed by atoms with van der Waals surface area (Å²) in [5.41, 5.74) is 2.02. The first-order valence-corrected chi connectivity index (χ1v) is 4.82. The van der Waals surface area contributed by atoms with Gasteiger partial charge in [0.1, 0.15) is 11.5 Å². The zero-order valence-electron chi connectivity index (χ0n) is 8.14. The van der Waals surface area contributed by atoms with Gasteiger partial charge in [0.15, 0.2) is 5.78 Å². The molecule has 0 saturated carbocycles. The monoisotopic (exact) mass is 178 g/mol. The van der Waals surface area contributed by atoms with Gasteiger partial charge in [-0.2, -0.15) is 0 Å². The molecule has 70 valence electrons. The molecule has 1 aromatic heterocycles. The fourth-order valence-electron chi connectivity index (χ4n) is 2.11. The number of ketones is 1. The molecule has 0 aliphatic heterocycles. The van der Waals surface area contributed by atoms with Crippen LogP contribution in [0, 0.1) is 13.8 Å². The van der Waals surface area contributed by atoms with Crippen molar-refractivity contribution in [3.8, 4) is 0 Å². The predicted octanol–water partition coefficient (Wildman–Crippen LogP) is 2.81. The molecule has 2 nitrogen and oxygen atoms in total. The summed E-state index contributed by atoms with van der Waals surface area (Å²) in [6.07, 6.45) is 3.82. The first kappa shape index (κ1) is 8.54. The first-order chi connectivity index (χ1) is 6.20. The summed E-state index contributed by atoms with van der Waals surface area (Å²) in [5, 5.41) is 0. The van der Waals surface area contributed by atoms with Crippen molar-refractivity contribution in [2.75, 3.05) is 0 Å². The highest BCUT2D eigenvalue weighted by molar-refractivity contribution is 5.98. The van der Waals surface area contributed by atoms with Gasteiger partial charge in [0, 0.05) is 12.0 Å². The van der Waals surface area contributed by atoms with Gasteiger partial charge in [0.05, 0.1) is 5.56 Å². The van der Waals surface area contributed by atoms with Gasteiger partial charge >= 0.3 is 0 Å². The van der Waals surface area contributed by atoms with E-state index in [0.717, 1.165) is 41.9 Å². The Morgan fingerprint density at radius 1 is 1.08 bits per heavy atom. The Hall–Kier alpha value is -1.05. The van der Waals surface area contributed by atoms with Gasteiger partial charge < -0.3 is 4.42 Å². The van der Waals surface area contributed by atoms with E-state index < -0.39 is 0 Å². The Bertz CT molecular complexity index is 347. The Labute approximate surface area is 77.9 Å². The zero-order valence-corrected chi connectivity index (χ0v) is 8.14. The summed E-state index contributed by atoms with van der Waals surface area (Å²) < 4.78 is 5.47. The van der Waals surface area contributed by atoms with E-state index in [0.29, 0.717) is 6.42 Å². The third kappa shape index (κ3) is 1.30. The third-order valence-electron chi connectivity index (χ3n) is 2.74. The van der Waals surface area contributed by atoms with E-state index in [9.17, 15) is 4.79 Å². The fourth-order valence-corrected chi connectivity index (χ4v) is 2.11. The quantitative estimate of drug-likeness (QED) is 0.572. The average Bonchev–Trinajstić information content (AvgIpc) is 2.28. The number of hydrogen-bond acceptors (Lipinski definition) is 2. The first-order valence-electron chi connectivity index (χ1n) is 4.82. The fraction of sp³-hybridized carbons (Fsp3) is 0.545. The van der Waals surface area contributed by atoms with E-state index >= 15 is 0 Å². The molecule has 0 atom stereocenters. The van der Waals surface area contributed by atoms with E-state index in [1.807, 2.05) is 13.8 Å². The summed E-state index contributed by atoms with van der Waals surface area (Å²) in [6, 6.07) is 0. The molecule has 2 heteroatoms. The van der Waals surface area contributed by atoms with Gasteiger partial charge in [0.2, 0.25) is 0 Å². The Balaban J connectivity index is 2.56. The van der Waals surface area contributed by atoms with Crippen molar-refractivity contribution in [1.82, 2.24) is 0 Å². The van der Waals surface area contributed by atoms with Gasteiger partial charge in [0.25, 0.3) is 0 Å². The van der Waals surface area contributed by atoms with Crippen LogP contribution in [0.4, 0.5) is 0 Å². The number of aryl methyl sites for hydroxylation is 2. The van der Waals surface area contributed by atoms with Crippen LogP contribution in [0.2, 0.25) is 0 Å². The van der Waals surface area contributed by atoms with E-state index in [2.05, 4.69) is 0 Å². The molecule has 1 aliphatic carbocycles. The normalized spacial score (nSPS) is 16.9. The summed E-state index contributed by atoms with van der Waals surface area (Å²) in [7, 11) is 0. The molecule has 0 amide bonds. The van der Waals surface area contributed by atoms with Crippen molar-refractivity contribution in [3.63, 3.8) is 0 Å². The third-order valence-corrected chi connectivity index (χ3v) is 2.74. The molecule has 1 aromatic rings. The van der Waals surface area contributed by atoms with Crippen LogP contribution in [-0.4, -0.2) is 5.78 Å². The largest absolute Gasteiger partial charge is 0.466 e. The van der Waals surface area contributed by atoms with Crippen molar-refractivity contribution in [3.05, 3.63) is 22.6 Å². The number of fused-ring (bicyclic) bond motifs is 1. The maximum absolute atomic E-state index is 11.7. The smallest absolute Gasteiger partial charge is 0.166 e. The van der Waals surface area contributed by atoms with Crippen LogP contribution in [0.15, 0.2) is 4.42 Å². The molecule has 2 rings (SSSR count). The number of carbonyl (C=O) groups is 1. The van der Waals surface area contributed by atoms with E-state index in [-0.39, 0.29) is 5.78 Å². The van der Waals surface area contributed by atoms with Crippen LogP contribution in [0.1, 0.15) is 46.7 Å².